The third-order valence-electron chi connectivity index (χ3n) is 4.46. The smallest absolute Gasteiger partial charge is 0.294 e. The monoisotopic (exact) mass is 450 g/mol. The predicted molar refractivity (Wildman–Crippen MR) is 122 cm³/mol. The van der Waals surface area contributed by atoms with E-state index in [9.17, 15) is 4.79 Å². The summed E-state index contributed by atoms with van der Waals surface area (Å²) in [5.41, 5.74) is 7.40. The highest BCUT2D eigenvalue weighted by molar-refractivity contribution is 6.31. The molecule has 4 aromatic rings. The fourth-order valence-corrected chi connectivity index (χ4v) is 3.10. The molecule has 0 aliphatic rings. The van der Waals surface area contributed by atoms with E-state index in [4.69, 9.17) is 26.8 Å². The topological polar surface area (TPSA) is 110 Å². The van der Waals surface area contributed by atoms with Crippen LogP contribution in [0, 0.1) is 6.92 Å². The zero-order valence-electron chi connectivity index (χ0n) is 17.3. The Morgan fingerprint density at radius 2 is 1.91 bits per heavy atom. The molecule has 2 N–H and O–H groups in total. The van der Waals surface area contributed by atoms with Gasteiger partial charge in [0.1, 0.15) is 0 Å². The highest BCUT2D eigenvalue weighted by Gasteiger charge is 2.15. The average molecular weight is 451 g/mol. The third-order valence-corrected chi connectivity index (χ3v) is 4.81. The minimum absolute atomic E-state index is 0.0949. The van der Waals surface area contributed by atoms with Gasteiger partial charge in [0.05, 0.1) is 37.1 Å². The Bertz CT molecular complexity index is 1350. The van der Waals surface area contributed by atoms with Crippen molar-refractivity contribution in [1.82, 2.24) is 19.4 Å². The maximum Gasteiger partial charge on any atom is 0.294 e. The molecule has 0 spiro atoms. The molecule has 2 aromatic heterocycles. The zero-order chi connectivity index (χ0) is 22.7. The number of halogens is 1. The van der Waals surface area contributed by atoms with Crippen molar-refractivity contribution in [3.05, 3.63) is 87.6 Å². The summed E-state index contributed by atoms with van der Waals surface area (Å²) in [5.74, 6) is 1.19. The Morgan fingerprint density at radius 1 is 1.12 bits per heavy atom. The number of hydrogen-bond acceptors (Lipinski definition) is 7. The van der Waals surface area contributed by atoms with Crippen LogP contribution in [-0.4, -0.2) is 32.8 Å². The molecule has 0 aliphatic carbocycles. The van der Waals surface area contributed by atoms with Crippen molar-refractivity contribution in [1.29, 1.82) is 0 Å². The number of nitrogen functional groups attached to an aromatic ring is 1. The fourth-order valence-electron chi connectivity index (χ4n) is 2.93. The first-order valence-corrected chi connectivity index (χ1v) is 9.89. The van der Waals surface area contributed by atoms with Gasteiger partial charge in [-0.25, -0.2) is 9.66 Å². The molecule has 0 amide bonds. The van der Waals surface area contributed by atoms with Crippen LogP contribution in [-0.2, 0) is 0 Å². The zero-order valence-corrected chi connectivity index (χ0v) is 18.0. The highest BCUT2D eigenvalue weighted by atomic mass is 35.5. The van der Waals surface area contributed by atoms with Gasteiger partial charge in [-0.3, -0.25) is 4.79 Å². The second kappa shape index (κ2) is 8.94. The van der Waals surface area contributed by atoms with E-state index < -0.39 is 5.56 Å². The third kappa shape index (κ3) is 4.33. The number of hydrogen-bond donors (Lipinski definition) is 1. The summed E-state index contributed by atoms with van der Waals surface area (Å²) in [6, 6.07) is 14.2. The van der Waals surface area contributed by atoms with Gasteiger partial charge in [-0.2, -0.15) is 14.9 Å². The summed E-state index contributed by atoms with van der Waals surface area (Å²) in [5, 5.41) is 8.35. The number of para-hydroxylation sites is 1. The summed E-state index contributed by atoms with van der Waals surface area (Å²) >= 11 is 6.28. The van der Waals surface area contributed by atoms with E-state index in [1.54, 1.807) is 54.9 Å². The van der Waals surface area contributed by atoms with Gasteiger partial charge < -0.3 is 15.2 Å². The van der Waals surface area contributed by atoms with Crippen molar-refractivity contribution in [3.8, 4) is 22.9 Å². The lowest BCUT2D eigenvalue weighted by atomic mass is 10.2. The number of nitrogens with two attached hydrogens (primary N) is 1. The van der Waals surface area contributed by atoms with Crippen LogP contribution in [0.25, 0.3) is 5.69 Å². The summed E-state index contributed by atoms with van der Waals surface area (Å²) in [6.45, 7) is 1.83. The number of aryl methyl sites for hydroxylation is 1. The number of anilines is 1. The van der Waals surface area contributed by atoms with Gasteiger partial charge in [0.15, 0.2) is 22.3 Å². The van der Waals surface area contributed by atoms with Gasteiger partial charge in [-0.1, -0.05) is 29.8 Å². The van der Waals surface area contributed by atoms with E-state index in [0.717, 1.165) is 11.3 Å². The van der Waals surface area contributed by atoms with Crippen LogP contribution in [0.1, 0.15) is 11.3 Å². The van der Waals surface area contributed by atoms with E-state index in [-0.39, 0.29) is 16.7 Å². The summed E-state index contributed by atoms with van der Waals surface area (Å²) in [4.78, 5) is 16.8. The number of ether oxygens (including phenoxy) is 2. The first-order valence-electron chi connectivity index (χ1n) is 9.51. The quantitative estimate of drug-likeness (QED) is 0.449. The van der Waals surface area contributed by atoms with Crippen LogP contribution < -0.4 is 20.8 Å². The van der Waals surface area contributed by atoms with Crippen molar-refractivity contribution in [2.75, 3.05) is 12.8 Å². The molecule has 162 valence electrons. The number of nitrogens with zero attached hydrogens (tertiary/aromatic N) is 5. The van der Waals surface area contributed by atoms with E-state index in [0.29, 0.717) is 17.2 Å². The van der Waals surface area contributed by atoms with E-state index >= 15 is 0 Å². The minimum Gasteiger partial charge on any atom is -0.493 e. The highest BCUT2D eigenvalue weighted by Crippen LogP contribution is 2.34. The molecule has 0 radical (unpaired) electrons. The van der Waals surface area contributed by atoms with Crippen molar-refractivity contribution in [2.45, 2.75) is 6.92 Å². The van der Waals surface area contributed by atoms with Gasteiger partial charge in [-0.05, 0) is 42.8 Å². The number of methoxy groups -OCH3 is 1. The van der Waals surface area contributed by atoms with Crippen molar-refractivity contribution < 1.29 is 9.47 Å². The van der Waals surface area contributed by atoms with Crippen LogP contribution in [0.4, 0.5) is 5.95 Å². The Morgan fingerprint density at radius 3 is 2.59 bits per heavy atom. The van der Waals surface area contributed by atoms with Gasteiger partial charge in [0.25, 0.3) is 5.56 Å². The minimum atomic E-state index is -0.494. The lowest BCUT2D eigenvalue weighted by Gasteiger charge is -2.12. The van der Waals surface area contributed by atoms with Crippen molar-refractivity contribution in [2.24, 2.45) is 5.10 Å². The number of benzene rings is 2. The van der Waals surface area contributed by atoms with Crippen LogP contribution >= 0.6 is 11.6 Å². The normalized spacial score (nSPS) is 11.1. The Kier molecular flexibility index (Phi) is 5.91. The number of aromatic nitrogens is 4. The fraction of sp³-hybridized carbons (Fsp3) is 0.0909. The molecule has 0 atom stereocenters. The lowest BCUT2D eigenvalue weighted by Crippen LogP contribution is -2.21. The molecular formula is C22H19ClN6O3. The molecule has 0 unspecified atom stereocenters. The van der Waals surface area contributed by atoms with Gasteiger partial charge in [0.2, 0.25) is 5.95 Å². The summed E-state index contributed by atoms with van der Waals surface area (Å²) in [6.07, 6.45) is 4.71. The second-order valence-corrected chi connectivity index (χ2v) is 7.10. The SMILES string of the molecule is COc1cc(C=Nn2cc(C)nc2N)ccc1Oc1cnn(-c2ccccc2)c(=O)c1Cl. The predicted octanol–water partition coefficient (Wildman–Crippen LogP) is 3.66. The molecule has 10 heteroatoms. The molecule has 32 heavy (non-hydrogen) atoms. The molecule has 0 fully saturated rings. The lowest BCUT2D eigenvalue weighted by molar-refractivity contribution is 0.377. The van der Waals surface area contributed by atoms with E-state index in [2.05, 4.69) is 15.2 Å². The maximum atomic E-state index is 12.7. The Balaban J connectivity index is 1.60. The van der Waals surface area contributed by atoms with E-state index in [1.807, 2.05) is 13.0 Å². The molecule has 9 nitrogen and oxygen atoms in total. The first-order chi connectivity index (χ1) is 15.5. The molecule has 0 aliphatic heterocycles. The molecule has 0 saturated heterocycles. The molecule has 0 bridgehead atoms. The summed E-state index contributed by atoms with van der Waals surface area (Å²) < 4.78 is 13.9. The van der Waals surface area contributed by atoms with Crippen molar-refractivity contribution in [3.63, 3.8) is 0 Å². The molecule has 0 saturated carbocycles. The average Bonchev–Trinajstić information content (AvgIpc) is 3.13. The number of rotatable bonds is 6. The Labute approximate surface area is 188 Å². The molecular weight excluding hydrogens is 432 g/mol. The van der Waals surface area contributed by atoms with Crippen LogP contribution in [0.15, 0.2) is 70.8 Å². The second-order valence-electron chi connectivity index (χ2n) is 6.72. The Hall–Kier alpha value is -4.11. The number of imidazole rings is 1. The molecule has 2 heterocycles. The molecule has 2 aromatic carbocycles. The van der Waals surface area contributed by atoms with Crippen LogP contribution in [0.5, 0.6) is 17.2 Å². The van der Waals surface area contributed by atoms with Gasteiger partial charge in [-0.15, -0.1) is 0 Å². The van der Waals surface area contributed by atoms with Gasteiger partial charge >= 0.3 is 0 Å². The van der Waals surface area contributed by atoms with Crippen LogP contribution in [0.3, 0.4) is 0 Å². The summed E-state index contributed by atoms with van der Waals surface area (Å²) in [7, 11) is 1.51. The van der Waals surface area contributed by atoms with Gasteiger partial charge in [0, 0.05) is 0 Å². The molecule has 4 rings (SSSR count). The maximum absolute atomic E-state index is 12.7. The van der Waals surface area contributed by atoms with E-state index in [1.165, 1.54) is 22.7 Å². The van der Waals surface area contributed by atoms with Crippen LogP contribution in [0.2, 0.25) is 5.02 Å². The standard InChI is InChI=1S/C22H19ClN6O3/c1-14-13-28(22(24)27-14)25-11-15-8-9-17(18(10-15)31-2)32-19-12-26-29(21(30)20(19)23)16-6-4-3-5-7-16/h3-13H,1-2H3,(H2,24,27). The first kappa shape index (κ1) is 21.1. The largest absolute Gasteiger partial charge is 0.493 e. The van der Waals surface area contributed by atoms with Crippen molar-refractivity contribution >= 4 is 23.8 Å².